The predicted octanol–water partition coefficient (Wildman–Crippen LogP) is 2.00. The highest BCUT2D eigenvalue weighted by Gasteiger charge is 2.41. The standard InChI is InChI=1S/C13H13N3O2S/c17-13(16-6-9-4-8(16)7-19-9)11-5-10(14-15-11)12-2-1-3-18-12/h1-3,5,8-9H,4,6-7H2,(H,14,15)/t8-,9+/m0/s1. The summed E-state index contributed by atoms with van der Waals surface area (Å²) in [4.78, 5) is 14.4. The number of nitrogens with one attached hydrogen (secondary N) is 1. The topological polar surface area (TPSA) is 62.1 Å². The molecule has 2 atom stereocenters. The quantitative estimate of drug-likeness (QED) is 0.910. The van der Waals surface area contributed by atoms with Crippen LogP contribution in [0.2, 0.25) is 0 Å². The summed E-state index contributed by atoms with van der Waals surface area (Å²) in [5.74, 6) is 1.79. The monoisotopic (exact) mass is 275 g/mol. The van der Waals surface area contributed by atoms with Crippen LogP contribution in [0.1, 0.15) is 16.9 Å². The number of H-pyrrole nitrogens is 1. The van der Waals surface area contributed by atoms with Crippen LogP contribution >= 0.6 is 11.8 Å². The minimum atomic E-state index is 0.0295. The summed E-state index contributed by atoms with van der Waals surface area (Å²) in [6.07, 6.45) is 2.74. The Morgan fingerprint density at radius 1 is 1.58 bits per heavy atom. The van der Waals surface area contributed by atoms with Gasteiger partial charge in [-0.1, -0.05) is 0 Å². The number of furan rings is 1. The van der Waals surface area contributed by atoms with Gasteiger partial charge in [-0.05, 0) is 18.6 Å². The van der Waals surface area contributed by atoms with E-state index >= 15 is 0 Å². The fourth-order valence-corrected chi connectivity index (χ4v) is 4.22. The summed E-state index contributed by atoms with van der Waals surface area (Å²) in [7, 11) is 0. The molecule has 0 unspecified atom stereocenters. The Morgan fingerprint density at radius 2 is 2.53 bits per heavy atom. The first kappa shape index (κ1) is 11.2. The van der Waals surface area contributed by atoms with Gasteiger partial charge in [0.15, 0.2) is 11.5 Å². The van der Waals surface area contributed by atoms with E-state index in [0.717, 1.165) is 24.4 Å². The minimum absolute atomic E-state index is 0.0295. The van der Waals surface area contributed by atoms with E-state index in [1.807, 2.05) is 28.8 Å². The van der Waals surface area contributed by atoms with Crippen LogP contribution in [-0.4, -0.2) is 44.6 Å². The van der Waals surface area contributed by atoms with Gasteiger partial charge in [0, 0.05) is 29.7 Å². The van der Waals surface area contributed by atoms with Gasteiger partial charge in [-0.15, -0.1) is 0 Å². The zero-order valence-corrected chi connectivity index (χ0v) is 11.0. The third kappa shape index (κ3) is 1.78. The zero-order valence-electron chi connectivity index (χ0n) is 10.2. The number of carbonyl (C=O) groups is 1. The first-order chi connectivity index (χ1) is 9.31. The molecule has 0 aromatic carbocycles. The van der Waals surface area contributed by atoms with Crippen molar-refractivity contribution >= 4 is 17.7 Å². The molecule has 2 fully saturated rings. The Morgan fingerprint density at radius 3 is 3.21 bits per heavy atom. The number of hydrogen-bond acceptors (Lipinski definition) is 4. The fourth-order valence-electron chi connectivity index (χ4n) is 2.78. The first-order valence-corrected chi connectivity index (χ1v) is 7.38. The molecule has 2 aromatic rings. The highest BCUT2D eigenvalue weighted by atomic mass is 32.2. The molecule has 2 aliphatic rings. The van der Waals surface area contributed by atoms with Crippen LogP contribution in [0.25, 0.3) is 11.5 Å². The molecular weight excluding hydrogens is 262 g/mol. The molecule has 0 radical (unpaired) electrons. The number of fused-ring (bicyclic) bond motifs is 2. The molecule has 19 heavy (non-hydrogen) atoms. The van der Waals surface area contributed by atoms with Crippen LogP contribution in [0.15, 0.2) is 28.9 Å². The molecule has 1 amide bonds. The lowest BCUT2D eigenvalue weighted by atomic mass is 10.2. The lowest BCUT2D eigenvalue weighted by molar-refractivity contribution is 0.0741. The van der Waals surface area contributed by atoms with Crippen molar-refractivity contribution in [1.82, 2.24) is 15.1 Å². The molecule has 4 rings (SSSR count). The van der Waals surface area contributed by atoms with Crippen LogP contribution < -0.4 is 0 Å². The van der Waals surface area contributed by atoms with E-state index in [1.165, 1.54) is 0 Å². The average molecular weight is 275 g/mol. The Labute approximate surface area is 114 Å². The molecule has 0 spiro atoms. The molecule has 4 heterocycles. The van der Waals surface area contributed by atoms with Crippen molar-refractivity contribution in [3.8, 4) is 11.5 Å². The molecule has 0 aliphatic carbocycles. The molecule has 2 aliphatic heterocycles. The number of hydrogen-bond donors (Lipinski definition) is 1. The van der Waals surface area contributed by atoms with Gasteiger partial charge >= 0.3 is 0 Å². The van der Waals surface area contributed by atoms with Crippen LogP contribution in [0.4, 0.5) is 0 Å². The van der Waals surface area contributed by atoms with Crippen LogP contribution in [-0.2, 0) is 0 Å². The molecule has 98 valence electrons. The van der Waals surface area contributed by atoms with E-state index in [4.69, 9.17) is 4.42 Å². The number of rotatable bonds is 2. The van der Waals surface area contributed by atoms with Gasteiger partial charge < -0.3 is 9.32 Å². The lowest BCUT2D eigenvalue weighted by Crippen LogP contribution is -2.39. The third-order valence-corrected chi connectivity index (χ3v) is 5.14. The molecule has 6 heteroatoms. The molecule has 0 saturated carbocycles. The van der Waals surface area contributed by atoms with Crippen molar-refractivity contribution < 1.29 is 9.21 Å². The van der Waals surface area contributed by atoms with E-state index < -0.39 is 0 Å². The van der Waals surface area contributed by atoms with Crippen molar-refractivity contribution in [2.75, 3.05) is 12.3 Å². The van der Waals surface area contributed by atoms with Crippen molar-refractivity contribution in [2.45, 2.75) is 17.7 Å². The summed E-state index contributed by atoms with van der Waals surface area (Å²) in [5.41, 5.74) is 1.22. The zero-order chi connectivity index (χ0) is 12.8. The second-order valence-corrected chi connectivity index (χ2v) is 6.28. The molecule has 2 aromatic heterocycles. The van der Waals surface area contributed by atoms with Gasteiger partial charge in [0.1, 0.15) is 5.69 Å². The minimum Gasteiger partial charge on any atom is -0.463 e. The molecule has 5 nitrogen and oxygen atoms in total. The molecule has 2 bridgehead atoms. The number of aromatic nitrogens is 2. The Bertz CT molecular complexity index is 607. The van der Waals surface area contributed by atoms with E-state index in [1.54, 1.807) is 12.3 Å². The SMILES string of the molecule is O=C(c1cc(-c2ccco2)[nH]n1)N1C[C@H]2C[C@H]1CS2. The van der Waals surface area contributed by atoms with E-state index in [9.17, 15) is 4.79 Å². The van der Waals surface area contributed by atoms with Gasteiger partial charge in [0.05, 0.1) is 6.26 Å². The largest absolute Gasteiger partial charge is 0.463 e. The van der Waals surface area contributed by atoms with Gasteiger partial charge in [-0.25, -0.2) is 0 Å². The Kier molecular flexibility index (Phi) is 2.44. The number of likely N-dealkylation sites (tertiary alicyclic amines) is 1. The highest BCUT2D eigenvalue weighted by Crippen LogP contribution is 2.38. The van der Waals surface area contributed by atoms with E-state index in [-0.39, 0.29) is 5.91 Å². The maximum absolute atomic E-state index is 12.4. The number of carbonyl (C=O) groups excluding carboxylic acids is 1. The summed E-state index contributed by atoms with van der Waals surface area (Å²) in [5, 5.41) is 7.60. The summed E-state index contributed by atoms with van der Waals surface area (Å²) in [6.45, 7) is 0.858. The van der Waals surface area contributed by atoms with Crippen LogP contribution in [0.5, 0.6) is 0 Å². The maximum atomic E-state index is 12.4. The number of amides is 1. The summed E-state index contributed by atoms with van der Waals surface area (Å²) >= 11 is 1.97. The van der Waals surface area contributed by atoms with E-state index in [0.29, 0.717) is 22.7 Å². The summed E-state index contributed by atoms with van der Waals surface area (Å²) in [6, 6.07) is 5.82. The third-order valence-electron chi connectivity index (χ3n) is 3.74. The average Bonchev–Trinajstić information content (AvgIpc) is 3.18. The lowest BCUT2D eigenvalue weighted by Gasteiger charge is -2.25. The molecular formula is C13H13N3O2S. The molecule has 2 saturated heterocycles. The number of aromatic amines is 1. The normalized spacial score (nSPS) is 25.2. The fraction of sp³-hybridized carbons (Fsp3) is 0.385. The second kappa shape index (κ2) is 4.16. The smallest absolute Gasteiger partial charge is 0.274 e. The maximum Gasteiger partial charge on any atom is 0.274 e. The van der Waals surface area contributed by atoms with Gasteiger partial charge in [-0.2, -0.15) is 16.9 Å². The number of thioether (sulfide) groups is 1. The van der Waals surface area contributed by atoms with Crippen LogP contribution in [0.3, 0.4) is 0 Å². The second-order valence-electron chi connectivity index (χ2n) is 4.95. The van der Waals surface area contributed by atoms with Gasteiger partial charge in [0.2, 0.25) is 0 Å². The van der Waals surface area contributed by atoms with E-state index in [2.05, 4.69) is 10.2 Å². The van der Waals surface area contributed by atoms with Gasteiger partial charge in [0.25, 0.3) is 5.91 Å². The summed E-state index contributed by atoms with van der Waals surface area (Å²) < 4.78 is 5.29. The van der Waals surface area contributed by atoms with Crippen molar-refractivity contribution in [1.29, 1.82) is 0 Å². The Balaban J connectivity index is 1.58. The van der Waals surface area contributed by atoms with Crippen molar-refractivity contribution in [3.63, 3.8) is 0 Å². The van der Waals surface area contributed by atoms with Crippen LogP contribution in [0, 0.1) is 0 Å². The highest BCUT2D eigenvalue weighted by molar-refractivity contribution is 8.00. The molecule has 1 N–H and O–H groups in total. The number of nitrogens with zero attached hydrogens (tertiary/aromatic N) is 2. The Hall–Kier alpha value is -1.69. The first-order valence-electron chi connectivity index (χ1n) is 6.33. The van der Waals surface area contributed by atoms with Crippen molar-refractivity contribution in [2.24, 2.45) is 0 Å². The van der Waals surface area contributed by atoms with Gasteiger partial charge in [-0.3, -0.25) is 9.89 Å². The predicted molar refractivity (Wildman–Crippen MR) is 72.0 cm³/mol. The van der Waals surface area contributed by atoms with Crippen molar-refractivity contribution in [3.05, 3.63) is 30.2 Å².